The molecule has 0 radical (unpaired) electrons. The van der Waals surface area contributed by atoms with E-state index in [-0.39, 0.29) is 79.3 Å². The molecule has 5 atom stereocenters. The van der Waals surface area contributed by atoms with Crippen LogP contribution in [0.4, 0.5) is 45.5 Å². The first kappa shape index (κ1) is 92.0. The zero-order valence-corrected chi connectivity index (χ0v) is 73.4. The Hall–Kier alpha value is -6.78. The standard InChI is InChI=1S/C66H78N2O8.C18H22N2.C12H15BrO2.C4H9O.CH4.Na/c1-6-40-66(41-7-1,54-24-36-60(37-25-54)67(56-28-16-50(17-29-56)46-73-62-12-2-8-42-69-62)57-30-18-51(19-31-57)47-74-63-13-3-9-43-70-63)55-26-38-61(39-27-55)68(58-32-20-52(21-33-58)48-75-64-14-4-10-44-71-64)59-34-22-53(23-35-59)49-76-65-15-5-11-45-72-65;19-16-8-4-14(5-9-16)18(12-2-1-3-13-18)15-6-10-17(20)11-7-15;13-11-6-4-10(5-7-11)9-15-12-3-1-2-8-14-12;1-4(2,3)5;;/h16-39,62-65H,1-15,40-49H2;4-11H,1-3,12-13,19-20H2;4-7,12H,1-3,8-9H2;1-3H3;1H4;/q;;;-1;;+1. The summed E-state index contributed by atoms with van der Waals surface area (Å²) < 4.78 is 60.4. The molecule has 9 aromatic carbocycles. The van der Waals surface area contributed by atoms with E-state index in [1.807, 2.05) is 36.4 Å². The fraction of sp³-hybridized carbons (Fsp3) is 0.465. The molecule has 0 bridgehead atoms. The molecule has 2 aliphatic carbocycles. The summed E-state index contributed by atoms with van der Waals surface area (Å²) in [5.74, 6) is 0. The zero-order chi connectivity index (χ0) is 80.2. The molecule has 7 fully saturated rings. The maximum atomic E-state index is 10.1. The van der Waals surface area contributed by atoms with Crippen molar-refractivity contribution in [1.82, 2.24) is 0 Å². The molecule has 5 unspecified atom stereocenters. The molecular weight excluding hydrogens is 1550 g/mol. The first-order valence-corrected chi connectivity index (χ1v) is 44.0. The van der Waals surface area contributed by atoms with Gasteiger partial charge in [-0.15, -0.1) is 5.60 Å². The third kappa shape index (κ3) is 27.4. The molecule has 9 aromatic rings. The predicted octanol–water partition coefficient (Wildman–Crippen LogP) is 21.4. The van der Waals surface area contributed by atoms with Crippen LogP contribution in [0.5, 0.6) is 0 Å². The average molecular weight is 1680 g/mol. The zero-order valence-electron chi connectivity index (χ0n) is 69.8. The smallest absolute Gasteiger partial charge is 0.850 e. The summed E-state index contributed by atoms with van der Waals surface area (Å²) in [4.78, 5) is 4.72. The molecule has 118 heavy (non-hydrogen) atoms. The van der Waals surface area contributed by atoms with E-state index in [1.165, 1.54) is 85.6 Å². The van der Waals surface area contributed by atoms with Gasteiger partial charge in [0.25, 0.3) is 0 Å². The summed E-state index contributed by atoms with van der Waals surface area (Å²) in [6.07, 6.45) is 27.9. The van der Waals surface area contributed by atoms with Gasteiger partial charge in [-0.2, -0.15) is 0 Å². The van der Waals surface area contributed by atoms with E-state index < -0.39 is 5.60 Å². The van der Waals surface area contributed by atoms with Gasteiger partial charge in [0.15, 0.2) is 31.5 Å². The predicted molar refractivity (Wildman–Crippen MR) is 474 cm³/mol. The molecule has 5 heterocycles. The van der Waals surface area contributed by atoms with Crippen LogP contribution in [0.2, 0.25) is 0 Å². The van der Waals surface area contributed by atoms with E-state index in [0.29, 0.717) is 33.0 Å². The molecule has 626 valence electrons. The number of rotatable bonds is 25. The van der Waals surface area contributed by atoms with Gasteiger partial charge in [-0.25, -0.2) is 0 Å². The van der Waals surface area contributed by atoms with Crippen molar-refractivity contribution in [2.24, 2.45) is 0 Å². The molecule has 4 N–H and O–H groups in total. The summed E-state index contributed by atoms with van der Waals surface area (Å²) in [6, 6.07) is 79.1. The quantitative estimate of drug-likeness (QED) is 0.0408. The number of nitrogens with two attached hydrogens (primary N) is 2. The van der Waals surface area contributed by atoms with Crippen molar-refractivity contribution in [3.63, 3.8) is 0 Å². The maximum absolute atomic E-state index is 10.1. The summed E-state index contributed by atoms with van der Waals surface area (Å²) >= 11 is 3.41. The van der Waals surface area contributed by atoms with E-state index in [2.05, 4.69) is 208 Å². The van der Waals surface area contributed by atoms with Crippen LogP contribution >= 0.6 is 15.9 Å². The Labute approximate surface area is 734 Å². The number of halogens is 1. The number of ether oxygens (including phenoxy) is 10. The van der Waals surface area contributed by atoms with Crippen LogP contribution in [0.15, 0.2) is 223 Å². The largest absolute Gasteiger partial charge is 1.00 e. The van der Waals surface area contributed by atoms with E-state index >= 15 is 0 Å². The normalized spacial score (nSPS) is 20.4. The number of nitrogen functional groups attached to an aromatic ring is 2. The molecule has 7 aliphatic rings. The van der Waals surface area contributed by atoms with Crippen LogP contribution in [0.3, 0.4) is 0 Å². The second kappa shape index (κ2) is 47.0. The first-order valence-electron chi connectivity index (χ1n) is 43.2. The molecule has 0 aromatic heterocycles. The van der Waals surface area contributed by atoms with Crippen molar-refractivity contribution >= 4 is 61.4 Å². The fourth-order valence-corrected chi connectivity index (χ4v) is 17.1. The third-order valence-corrected chi connectivity index (χ3v) is 23.8. The molecule has 5 aliphatic heterocycles. The Morgan fingerprint density at radius 3 is 0.712 bits per heavy atom. The number of nitrogens with zero attached hydrogens (tertiary/aromatic N) is 2. The van der Waals surface area contributed by atoms with E-state index in [4.69, 9.17) is 58.8 Å². The van der Waals surface area contributed by atoms with Gasteiger partial charge < -0.3 is 73.7 Å². The molecule has 0 spiro atoms. The summed E-state index contributed by atoms with van der Waals surface area (Å²) in [7, 11) is 0. The van der Waals surface area contributed by atoms with Crippen LogP contribution in [-0.2, 0) is 91.2 Å². The van der Waals surface area contributed by atoms with E-state index in [1.54, 1.807) is 20.8 Å². The van der Waals surface area contributed by atoms with Crippen LogP contribution < -0.4 is 55.9 Å². The summed E-state index contributed by atoms with van der Waals surface area (Å²) in [6.45, 7) is 11.6. The second-order valence-electron chi connectivity index (χ2n) is 33.2. The molecule has 0 amide bonds. The Kier molecular flexibility index (Phi) is 36.6. The maximum Gasteiger partial charge on any atom is 1.00 e. The second-order valence-corrected chi connectivity index (χ2v) is 34.2. The molecule has 17 heteroatoms. The van der Waals surface area contributed by atoms with Gasteiger partial charge in [-0.05, 0) is 281 Å². The fourth-order valence-electron chi connectivity index (χ4n) is 16.9. The molecular formula is C101H128BrN4NaO11. The van der Waals surface area contributed by atoms with Gasteiger partial charge in [-0.3, -0.25) is 0 Å². The number of benzene rings is 9. The molecule has 2 saturated carbocycles. The van der Waals surface area contributed by atoms with Gasteiger partial charge >= 0.3 is 29.6 Å². The Balaban J connectivity index is 0.000000263. The number of hydrogen-bond acceptors (Lipinski definition) is 15. The minimum Gasteiger partial charge on any atom is -0.850 e. The van der Waals surface area contributed by atoms with Gasteiger partial charge in [0.1, 0.15) is 0 Å². The molecule has 5 saturated heterocycles. The van der Waals surface area contributed by atoms with Crippen molar-refractivity contribution in [2.75, 3.05) is 54.3 Å². The SMILES string of the molecule is Brc1ccc(COC2CCCCO2)cc1.C.CC(C)(C)[O-].Nc1ccc(C2(c3ccc(N)cc3)CCCCC2)cc1.[Na+].c1cc(N(c2ccc(COC3CCCCO3)cc2)c2ccc(C3(c4ccc(N(c5ccc(COC6CCCCO6)cc5)c5ccc(COC6CCCCO6)cc5)cc4)CCCCC3)cc2)ccc1COC1CCCCO1. The van der Waals surface area contributed by atoms with Crippen molar-refractivity contribution in [3.8, 4) is 0 Å². The van der Waals surface area contributed by atoms with E-state index in [0.717, 1.165) is 208 Å². The van der Waals surface area contributed by atoms with Crippen molar-refractivity contribution in [3.05, 3.63) is 273 Å². The van der Waals surface area contributed by atoms with Gasteiger partial charge in [0.05, 0.1) is 33.0 Å². The Morgan fingerprint density at radius 2 is 0.508 bits per heavy atom. The third-order valence-electron chi connectivity index (χ3n) is 23.3. The van der Waals surface area contributed by atoms with Crippen LogP contribution in [0.25, 0.3) is 0 Å². The summed E-state index contributed by atoms with van der Waals surface area (Å²) in [5.41, 5.74) is 30.4. The van der Waals surface area contributed by atoms with Gasteiger partial charge in [-0.1, -0.05) is 192 Å². The van der Waals surface area contributed by atoms with Gasteiger partial charge in [0, 0.05) is 93.8 Å². The van der Waals surface area contributed by atoms with Crippen LogP contribution in [0.1, 0.15) is 239 Å². The Morgan fingerprint density at radius 1 is 0.314 bits per heavy atom. The first-order chi connectivity index (χ1) is 56.7. The molecule has 15 nitrogen and oxygen atoms in total. The van der Waals surface area contributed by atoms with Gasteiger partial charge in [0.2, 0.25) is 0 Å². The average Bonchev–Trinajstić information content (AvgIpc) is 0.738. The van der Waals surface area contributed by atoms with Crippen LogP contribution in [-0.4, -0.2) is 70.1 Å². The van der Waals surface area contributed by atoms with E-state index in [9.17, 15) is 5.11 Å². The minimum atomic E-state index is -0.750. The molecule has 16 rings (SSSR count). The van der Waals surface area contributed by atoms with Crippen molar-refractivity contribution < 1.29 is 82.0 Å². The minimum absolute atomic E-state index is 0. The summed E-state index contributed by atoms with van der Waals surface area (Å²) in [5, 5.41) is 10.1. The van der Waals surface area contributed by atoms with Crippen molar-refractivity contribution in [2.45, 2.75) is 270 Å². The van der Waals surface area contributed by atoms with Crippen LogP contribution in [0, 0.1) is 0 Å². The monoisotopic (exact) mass is 1670 g/mol. The topological polar surface area (TPSA) is 174 Å². The Bertz CT molecular complexity index is 3920. The number of anilines is 8. The van der Waals surface area contributed by atoms with Crippen molar-refractivity contribution in [1.29, 1.82) is 0 Å². The number of hydrogen-bond donors (Lipinski definition) is 2.